The molecule has 194 valence electrons. The van der Waals surface area contributed by atoms with Crippen LogP contribution in [0.25, 0.3) is 0 Å². The monoisotopic (exact) mass is 519 g/mol. The highest BCUT2D eigenvalue weighted by atomic mass is 32.2. The van der Waals surface area contributed by atoms with Gasteiger partial charge in [0.25, 0.3) is 0 Å². The summed E-state index contributed by atoms with van der Waals surface area (Å²) in [5.41, 5.74) is -2.10. The summed E-state index contributed by atoms with van der Waals surface area (Å²) in [6, 6.07) is 0. The van der Waals surface area contributed by atoms with Crippen LogP contribution in [0.5, 0.6) is 0 Å². The van der Waals surface area contributed by atoms with Crippen molar-refractivity contribution >= 4 is 22.1 Å². The van der Waals surface area contributed by atoms with Crippen LogP contribution in [0, 0.1) is 0 Å². The van der Waals surface area contributed by atoms with Crippen molar-refractivity contribution in [2.24, 2.45) is 0 Å². The summed E-state index contributed by atoms with van der Waals surface area (Å²) in [6.07, 6.45) is -9.62. The van der Waals surface area contributed by atoms with Crippen molar-refractivity contribution in [1.29, 1.82) is 0 Å². The molecule has 1 unspecified atom stereocenters. The van der Waals surface area contributed by atoms with Crippen LogP contribution in [-0.2, 0) is 33.9 Å². The molecule has 0 radical (unpaired) electrons. The molecule has 0 aliphatic carbocycles. The second kappa shape index (κ2) is 10.1. The van der Waals surface area contributed by atoms with Gasteiger partial charge in [0, 0.05) is 12.0 Å². The lowest BCUT2D eigenvalue weighted by Crippen LogP contribution is -2.59. The number of alkyl halides is 7. The van der Waals surface area contributed by atoms with Gasteiger partial charge in [0.15, 0.2) is 10.1 Å². The maximum absolute atomic E-state index is 13.8. The van der Waals surface area contributed by atoms with E-state index in [4.69, 9.17) is 0 Å². The molecule has 33 heavy (non-hydrogen) atoms. The molecule has 0 heterocycles. The van der Waals surface area contributed by atoms with Gasteiger partial charge in [-0.3, -0.25) is 0 Å². The molecule has 0 saturated heterocycles. The summed E-state index contributed by atoms with van der Waals surface area (Å²) in [4.78, 5) is 24.0. The van der Waals surface area contributed by atoms with Crippen molar-refractivity contribution in [1.82, 2.24) is 0 Å². The summed E-state index contributed by atoms with van der Waals surface area (Å²) in [5.74, 6) is -13.6. The van der Waals surface area contributed by atoms with Crippen LogP contribution in [-0.4, -0.2) is 60.3 Å². The highest BCUT2D eigenvalue weighted by molar-refractivity contribution is 7.86. The lowest BCUT2D eigenvalue weighted by molar-refractivity contribution is -0.357. The fourth-order valence-corrected chi connectivity index (χ4v) is 2.41. The third kappa shape index (κ3) is 7.81. The molecule has 0 amide bonds. The van der Waals surface area contributed by atoms with Gasteiger partial charge in [0.05, 0.1) is 6.61 Å². The highest BCUT2D eigenvalue weighted by Crippen LogP contribution is 2.42. The summed E-state index contributed by atoms with van der Waals surface area (Å²) < 4.78 is 138. The van der Waals surface area contributed by atoms with E-state index < -0.39 is 82.2 Å². The molecule has 0 spiro atoms. The first-order valence-corrected chi connectivity index (χ1v) is 10.4. The summed E-state index contributed by atoms with van der Waals surface area (Å²) in [5, 5.41) is -5.97. The zero-order chi connectivity index (χ0) is 26.7. The minimum Gasteiger partial charge on any atom is -0.743 e. The number of hydrogen-bond donors (Lipinski definition) is 0. The Morgan fingerprint density at radius 1 is 0.939 bits per heavy atom. The van der Waals surface area contributed by atoms with E-state index in [2.05, 4.69) is 20.8 Å². The van der Waals surface area contributed by atoms with Gasteiger partial charge in [-0.05, 0) is 40.5 Å². The number of ether oxygens (including phenoxy) is 3. The average Bonchev–Trinajstić information content (AvgIpc) is 2.56. The van der Waals surface area contributed by atoms with E-state index in [1.807, 2.05) is 0 Å². The fourth-order valence-electron chi connectivity index (χ4n) is 1.94. The van der Waals surface area contributed by atoms with Crippen molar-refractivity contribution in [3.8, 4) is 0 Å². The molecule has 8 nitrogen and oxygen atoms in total. The number of carbonyl (C=O) groups excluding carboxylic acids is 2. The average molecular weight is 519 g/mol. The van der Waals surface area contributed by atoms with Gasteiger partial charge in [-0.15, -0.1) is 0 Å². The van der Waals surface area contributed by atoms with E-state index in [0.717, 1.165) is 6.92 Å². The largest absolute Gasteiger partial charge is 0.743 e. The topological polar surface area (TPSA) is 119 Å². The molecular formula is C17H22F7O8S-. The normalized spacial score (nSPS) is 15.5. The Kier molecular flexibility index (Phi) is 9.53. The first-order valence-electron chi connectivity index (χ1n) is 8.95. The minimum absolute atomic E-state index is 0.573. The van der Waals surface area contributed by atoms with Crippen molar-refractivity contribution in [3.63, 3.8) is 0 Å². The second-order valence-corrected chi connectivity index (χ2v) is 9.19. The zero-order valence-corrected chi connectivity index (χ0v) is 18.7. The van der Waals surface area contributed by atoms with E-state index >= 15 is 0 Å². The molecule has 0 aliphatic heterocycles. The van der Waals surface area contributed by atoms with Gasteiger partial charge in [0.1, 0.15) is 5.60 Å². The number of unbranched alkanes of at least 4 members (excludes halogenated alkanes) is 1. The third-order valence-electron chi connectivity index (χ3n) is 3.56. The molecule has 0 fully saturated rings. The van der Waals surface area contributed by atoms with Crippen molar-refractivity contribution in [2.75, 3.05) is 6.61 Å². The second-order valence-electron chi connectivity index (χ2n) is 7.77. The molecule has 0 bridgehead atoms. The van der Waals surface area contributed by atoms with Crippen LogP contribution in [0.3, 0.4) is 0 Å². The van der Waals surface area contributed by atoms with Crippen molar-refractivity contribution in [2.45, 2.75) is 75.7 Å². The Morgan fingerprint density at radius 2 is 1.42 bits per heavy atom. The van der Waals surface area contributed by atoms with E-state index in [9.17, 15) is 53.3 Å². The Bertz CT molecular complexity index is 846. The van der Waals surface area contributed by atoms with Crippen LogP contribution >= 0.6 is 0 Å². The minimum atomic E-state index is -6.74. The van der Waals surface area contributed by atoms with Gasteiger partial charge in [-0.1, -0.05) is 6.58 Å². The Balaban J connectivity index is 5.66. The van der Waals surface area contributed by atoms with Gasteiger partial charge < -0.3 is 18.8 Å². The summed E-state index contributed by atoms with van der Waals surface area (Å²) in [6.45, 7) is 6.29. The number of rotatable bonds is 11. The van der Waals surface area contributed by atoms with Gasteiger partial charge in [-0.2, -0.15) is 30.7 Å². The van der Waals surface area contributed by atoms with E-state index in [1.54, 1.807) is 0 Å². The standard InChI is InChI=1S/C17H23F7O8S/c1-10(2)11(25)31-15(16(20,21)22,12(26)32-13(3,4)5)30-9-7-6-8-14(18,19)17(23,24)33(27,28)29/h1,6-9H2,2-5H3,(H,27,28,29)/p-1. The van der Waals surface area contributed by atoms with Gasteiger partial charge >= 0.3 is 35.1 Å². The zero-order valence-electron chi connectivity index (χ0n) is 17.9. The Morgan fingerprint density at radius 3 is 1.79 bits per heavy atom. The van der Waals surface area contributed by atoms with E-state index in [-0.39, 0.29) is 0 Å². The SMILES string of the molecule is C=C(C)C(=O)OC(OCCCCC(F)(F)C(F)(F)S(=O)(=O)[O-])(C(=O)OC(C)(C)C)C(F)(F)F. The number of hydrogen-bond acceptors (Lipinski definition) is 8. The molecule has 0 aromatic heterocycles. The molecule has 1 atom stereocenters. The summed E-state index contributed by atoms with van der Waals surface area (Å²) in [7, 11) is -6.74. The Labute approximate surface area is 184 Å². The molecule has 0 rings (SSSR count). The first kappa shape index (κ1) is 31.1. The predicted molar refractivity (Wildman–Crippen MR) is 94.9 cm³/mol. The maximum Gasteiger partial charge on any atom is 0.468 e. The van der Waals surface area contributed by atoms with Crippen LogP contribution in [0.2, 0.25) is 0 Å². The van der Waals surface area contributed by atoms with Crippen LogP contribution in [0.15, 0.2) is 12.2 Å². The van der Waals surface area contributed by atoms with Crippen LogP contribution < -0.4 is 0 Å². The molecule has 0 aromatic rings. The third-order valence-corrected chi connectivity index (χ3v) is 4.48. The molecular weight excluding hydrogens is 497 g/mol. The lowest BCUT2D eigenvalue weighted by Gasteiger charge is -2.34. The lowest BCUT2D eigenvalue weighted by atomic mass is 10.1. The first-order chi connectivity index (χ1) is 14.4. The smallest absolute Gasteiger partial charge is 0.468 e. The van der Waals surface area contributed by atoms with Crippen LogP contribution in [0.1, 0.15) is 47.0 Å². The number of halogens is 7. The quantitative estimate of drug-likeness (QED) is 0.101. The fraction of sp³-hybridized carbons (Fsp3) is 0.765. The Hall–Kier alpha value is -1.94. The van der Waals surface area contributed by atoms with Gasteiger partial charge in [-0.25, -0.2) is 18.0 Å². The van der Waals surface area contributed by atoms with E-state index in [0.29, 0.717) is 0 Å². The van der Waals surface area contributed by atoms with Crippen molar-refractivity contribution in [3.05, 3.63) is 12.2 Å². The van der Waals surface area contributed by atoms with Crippen LogP contribution in [0.4, 0.5) is 30.7 Å². The number of carbonyl (C=O) groups is 2. The summed E-state index contributed by atoms with van der Waals surface area (Å²) >= 11 is 0. The molecule has 0 aliphatic rings. The predicted octanol–water partition coefficient (Wildman–Crippen LogP) is 3.67. The molecule has 0 saturated carbocycles. The number of esters is 2. The van der Waals surface area contributed by atoms with E-state index in [1.165, 1.54) is 20.8 Å². The molecule has 0 aromatic carbocycles. The molecule has 16 heteroatoms. The maximum atomic E-state index is 13.8. The van der Waals surface area contributed by atoms with Gasteiger partial charge in [0.2, 0.25) is 0 Å². The van der Waals surface area contributed by atoms with Crippen molar-refractivity contribution < 1.29 is 67.5 Å². The highest BCUT2D eigenvalue weighted by Gasteiger charge is 2.68. The molecule has 0 N–H and O–H groups in total.